The van der Waals surface area contributed by atoms with E-state index in [4.69, 9.17) is 4.74 Å². The number of hydrogen-bond donors (Lipinski definition) is 0. The average Bonchev–Trinajstić information content (AvgIpc) is 2.28. The summed E-state index contributed by atoms with van der Waals surface area (Å²) in [6.45, 7) is 5.90. The third-order valence-corrected chi connectivity index (χ3v) is 2.64. The van der Waals surface area contributed by atoms with Crippen molar-refractivity contribution in [1.82, 2.24) is 0 Å². The number of rotatable bonds is 8. The summed E-state index contributed by atoms with van der Waals surface area (Å²) in [6.07, 6.45) is 10.6. The van der Waals surface area contributed by atoms with E-state index in [1.54, 1.807) is 0 Å². The SMILES string of the molecule is CCCCCCCOC[n+]1cccc(C)c1. The van der Waals surface area contributed by atoms with Crippen molar-refractivity contribution >= 4 is 0 Å². The molecule has 2 nitrogen and oxygen atoms in total. The van der Waals surface area contributed by atoms with Crippen LogP contribution in [0.1, 0.15) is 44.6 Å². The Labute approximate surface area is 99.3 Å². The maximum absolute atomic E-state index is 5.62. The first-order valence-corrected chi connectivity index (χ1v) is 6.36. The summed E-state index contributed by atoms with van der Waals surface area (Å²) in [4.78, 5) is 0. The molecule has 0 spiro atoms. The zero-order chi connectivity index (χ0) is 11.6. The molecule has 16 heavy (non-hydrogen) atoms. The van der Waals surface area contributed by atoms with Crippen molar-refractivity contribution in [1.29, 1.82) is 0 Å². The number of hydrogen-bond acceptors (Lipinski definition) is 1. The highest BCUT2D eigenvalue weighted by Gasteiger charge is 1.99. The fraction of sp³-hybridized carbons (Fsp3) is 0.643. The highest BCUT2D eigenvalue weighted by Crippen LogP contribution is 2.02. The van der Waals surface area contributed by atoms with Crippen LogP contribution in [-0.2, 0) is 11.5 Å². The Morgan fingerprint density at radius 3 is 2.75 bits per heavy atom. The number of nitrogens with zero attached hydrogens (tertiary/aromatic N) is 1. The topological polar surface area (TPSA) is 13.1 Å². The second-order valence-corrected chi connectivity index (χ2v) is 4.35. The van der Waals surface area contributed by atoms with Crippen LogP contribution in [0.15, 0.2) is 24.5 Å². The van der Waals surface area contributed by atoms with Gasteiger partial charge in [-0.25, -0.2) is 0 Å². The minimum Gasteiger partial charge on any atom is -0.323 e. The van der Waals surface area contributed by atoms with Crippen LogP contribution in [0.4, 0.5) is 0 Å². The quantitative estimate of drug-likeness (QED) is 0.486. The lowest BCUT2D eigenvalue weighted by atomic mass is 10.2. The molecular weight excluding hydrogens is 198 g/mol. The van der Waals surface area contributed by atoms with Crippen molar-refractivity contribution in [2.45, 2.75) is 52.7 Å². The molecule has 0 amide bonds. The minimum atomic E-state index is 0.676. The molecule has 0 N–H and O–H groups in total. The van der Waals surface area contributed by atoms with E-state index in [1.807, 2.05) is 6.20 Å². The molecule has 0 unspecified atom stereocenters. The fourth-order valence-corrected chi connectivity index (χ4v) is 1.71. The summed E-state index contributed by atoms with van der Waals surface area (Å²) >= 11 is 0. The van der Waals surface area contributed by atoms with Crippen molar-refractivity contribution in [2.75, 3.05) is 6.61 Å². The molecule has 0 bridgehead atoms. The molecule has 0 aliphatic heterocycles. The lowest BCUT2D eigenvalue weighted by molar-refractivity contribution is -0.733. The van der Waals surface area contributed by atoms with Gasteiger partial charge in [0.15, 0.2) is 12.4 Å². The van der Waals surface area contributed by atoms with Crippen LogP contribution in [0.2, 0.25) is 0 Å². The Hall–Kier alpha value is -0.890. The van der Waals surface area contributed by atoms with Crippen molar-refractivity contribution in [3.8, 4) is 0 Å². The lowest BCUT2D eigenvalue weighted by Gasteiger charge is -2.01. The zero-order valence-corrected chi connectivity index (χ0v) is 10.6. The van der Waals surface area contributed by atoms with Crippen LogP contribution in [0.5, 0.6) is 0 Å². The molecule has 0 radical (unpaired) electrons. The first-order chi connectivity index (χ1) is 7.83. The van der Waals surface area contributed by atoms with E-state index in [-0.39, 0.29) is 0 Å². The highest BCUT2D eigenvalue weighted by atomic mass is 16.5. The van der Waals surface area contributed by atoms with Gasteiger partial charge in [-0.2, -0.15) is 4.57 Å². The first-order valence-electron chi connectivity index (χ1n) is 6.36. The van der Waals surface area contributed by atoms with E-state index in [0.717, 1.165) is 6.61 Å². The van der Waals surface area contributed by atoms with Crippen LogP contribution >= 0.6 is 0 Å². The summed E-state index contributed by atoms with van der Waals surface area (Å²) in [5, 5.41) is 0. The number of aryl methyl sites for hydroxylation is 1. The van der Waals surface area contributed by atoms with Crippen LogP contribution in [0.3, 0.4) is 0 Å². The maximum Gasteiger partial charge on any atom is 0.252 e. The Morgan fingerprint density at radius 2 is 2.00 bits per heavy atom. The standard InChI is InChI=1S/C14H24NO/c1-3-4-5-6-7-11-16-13-15-10-8-9-14(2)12-15/h8-10,12H,3-7,11,13H2,1-2H3/q+1. The smallest absolute Gasteiger partial charge is 0.252 e. The number of ether oxygens (including phenoxy) is 1. The fourth-order valence-electron chi connectivity index (χ4n) is 1.71. The largest absolute Gasteiger partial charge is 0.323 e. The Kier molecular flexibility index (Phi) is 6.82. The van der Waals surface area contributed by atoms with Gasteiger partial charge in [-0.3, -0.25) is 0 Å². The van der Waals surface area contributed by atoms with Crippen LogP contribution in [0.25, 0.3) is 0 Å². The van der Waals surface area contributed by atoms with Gasteiger partial charge in [-0.1, -0.05) is 32.6 Å². The van der Waals surface area contributed by atoms with Crippen molar-refractivity contribution in [3.63, 3.8) is 0 Å². The van der Waals surface area contributed by atoms with Crippen LogP contribution < -0.4 is 4.57 Å². The molecule has 1 heterocycles. The molecule has 0 fully saturated rings. The van der Waals surface area contributed by atoms with E-state index in [2.05, 4.69) is 36.7 Å². The maximum atomic E-state index is 5.62. The third kappa shape index (κ3) is 5.86. The van der Waals surface area contributed by atoms with E-state index < -0.39 is 0 Å². The summed E-state index contributed by atoms with van der Waals surface area (Å²) in [5.74, 6) is 0. The summed E-state index contributed by atoms with van der Waals surface area (Å²) in [6, 6.07) is 4.15. The van der Waals surface area contributed by atoms with Gasteiger partial charge < -0.3 is 4.74 Å². The number of aromatic nitrogens is 1. The van der Waals surface area contributed by atoms with E-state index in [0.29, 0.717) is 6.73 Å². The molecule has 1 aromatic rings. The lowest BCUT2D eigenvalue weighted by Crippen LogP contribution is -2.34. The second-order valence-electron chi connectivity index (χ2n) is 4.35. The molecule has 0 atom stereocenters. The first kappa shape index (κ1) is 13.2. The number of unbranched alkanes of at least 4 members (excludes halogenated alkanes) is 4. The van der Waals surface area contributed by atoms with Gasteiger partial charge in [0.2, 0.25) is 0 Å². The average molecular weight is 222 g/mol. The predicted molar refractivity (Wildman–Crippen MR) is 66.1 cm³/mol. The Morgan fingerprint density at radius 1 is 1.19 bits per heavy atom. The monoisotopic (exact) mass is 222 g/mol. The molecule has 0 saturated heterocycles. The van der Waals surface area contributed by atoms with Crippen LogP contribution in [0, 0.1) is 6.92 Å². The van der Waals surface area contributed by atoms with E-state index in [9.17, 15) is 0 Å². The Bertz CT molecular complexity index is 286. The van der Waals surface area contributed by atoms with Crippen LogP contribution in [-0.4, -0.2) is 6.61 Å². The van der Waals surface area contributed by atoms with E-state index in [1.165, 1.54) is 37.7 Å². The molecular formula is C14H24NO+. The molecule has 0 aliphatic rings. The minimum absolute atomic E-state index is 0.676. The molecule has 1 aromatic heterocycles. The van der Waals surface area contributed by atoms with Gasteiger partial charge in [0.1, 0.15) is 0 Å². The number of pyridine rings is 1. The predicted octanol–water partition coefficient (Wildman–Crippen LogP) is 3.23. The van der Waals surface area contributed by atoms with Gasteiger partial charge in [-0.05, 0) is 19.4 Å². The van der Waals surface area contributed by atoms with Crippen molar-refractivity contribution in [3.05, 3.63) is 30.1 Å². The molecule has 90 valence electrons. The summed E-state index contributed by atoms with van der Waals surface area (Å²) in [5.41, 5.74) is 1.27. The van der Waals surface area contributed by atoms with Crippen molar-refractivity contribution < 1.29 is 9.30 Å². The molecule has 0 saturated carbocycles. The van der Waals surface area contributed by atoms with E-state index >= 15 is 0 Å². The highest BCUT2D eigenvalue weighted by molar-refractivity contribution is 5.01. The summed E-state index contributed by atoms with van der Waals surface area (Å²) < 4.78 is 7.70. The van der Waals surface area contributed by atoms with Gasteiger partial charge in [0.05, 0.1) is 6.61 Å². The van der Waals surface area contributed by atoms with Gasteiger partial charge in [0.25, 0.3) is 6.73 Å². The molecule has 0 aromatic carbocycles. The molecule has 0 aliphatic carbocycles. The molecule has 1 rings (SSSR count). The normalized spacial score (nSPS) is 10.6. The Balaban J connectivity index is 2.03. The van der Waals surface area contributed by atoms with Gasteiger partial charge in [0, 0.05) is 11.6 Å². The van der Waals surface area contributed by atoms with Gasteiger partial charge >= 0.3 is 0 Å². The zero-order valence-electron chi connectivity index (χ0n) is 10.6. The molecule has 2 heteroatoms. The second kappa shape index (κ2) is 8.28. The summed E-state index contributed by atoms with van der Waals surface area (Å²) in [7, 11) is 0. The third-order valence-electron chi connectivity index (χ3n) is 2.64. The van der Waals surface area contributed by atoms with Gasteiger partial charge in [-0.15, -0.1) is 0 Å². The van der Waals surface area contributed by atoms with Crippen molar-refractivity contribution in [2.24, 2.45) is 0 Å².